The van der Waals surface area contributed by atoms with Gasteiger partial charge in [-0.05, 0) is 12.1 Å². The Morgan fingerprint density at radius 3 is 2.46 bits per heavy atom. The highest BCUT2D eigenvalue weighted by Gasteiger charge is 2.32. The number of alkyl halides is 3. The maximum atomic E-state index is 12.2. The molecule has 13 heavy (non-hydrogen) atoms. The minimum atomic E-state index is -4.42. The first-order valence-electron chi connectivity index (χ1n) is 3.37. The fourth-order valence-corrected chi connectivity index (χ4v) is 1.28. The zero-order valence-corrected chi connectivity index (χ0v) is 7.98. The van der Waals surface area contributed by atoms with Gasteiger partial charge in [0.05, 0.1) is 5.69 Å². The van der Waals surface area contributed by atoms with E-state index in [9.17, 15) is 13.2 Å². The molecule has 0 aliphatic heterocycles. The van der Waals surface area contributed by atoms with Crippen LogP contribution in [0.25, 0.3) is 0 Å². The molecule has 0 spiro atoms. The molecule has 2 nitrogen and oxygen atoms in total. The molecule has 0 saturated heterocycles. The molecular formula is C7H6BrF3N2. The highest BCUT2D eigenvalue weighted by molar-refractivity contribution is 9.10. The normalized spacial score (nSPS) is 11.8. The second-order valence-electron chi connectivity index (χ2n) is 2.36. The summed E-state index contributed by atoms with van der Waals surface area (Å²) >= 11 is 2.95. The number of nitrogens with zero attached hydrogens (tertiary/aromatic N) is 1. The predicted molar refractivity (Wildman–Crippen MR) is 44.8 cm³/mol. The number of pyridine rings is 1. The molecule has 0 atom stereocenters. The molecule has 0 fully saturated rings. The second-order valence-corrected chi connectivity index (χ2v) is 3.28. The molecule has 0 unspecified atom stereocenters. The molecular weight excluding hydrogens is 249 g/mol. The Morgan fingerprint density at radius 2 is 2.00 bits per heavy atom. The summed E-state index contributed by atoms with van der Waals surface area (Å²) in [5, 5.41) is 0. The fraction of sp³-hybridized carbons (Fsp3) is 0.286. The molecule has 1 heterocycles. The lowest BCUT2D eigenvalue weighted by molar-refractivity contribution is -0.141. The zero-order chi connectivity index (χ0) is 10.1. The molecule has 0 radical (unpaired) electrons. The molecule has 72 valence electrons. The molecule has 1 aromatic heterocycles. The Hall–Kier alpha value is -0.620. The van der Waals surface area contributed by atoms with Crippen molar-refractivity contribution >= 4 is 15.9 Å². The van der Waals surface area contributed by atoms with Gasteiger partial charge in [0, 0.05) is 11.0 Å². The first-order valence-corrected chi connectivity index (χ1v) is 4.16. The second kappa shape index (κ2) is 3.63. The number of nitrogens with two attached hydrogens (primary N) is 1. The van der Waals surface area contributed by atoms with E-state index < -0.39 is 11.9 Å². The lowest BCUT2D eigenvalue weighted by Gasteiger charge is -2.07. The van der Waals surface area contributed by atoms with Crippen molar-refractivity contribution in [3.8, 4) is 0 Å². The van der Waals surface area contributed by atoms with Gasteiger partial charge in [-0.15, -0.1) is 0 Å². The van der Waals surface area contributed by atoms with Gasteiger partial charge in [-0.3, -0.25) is 0 Å². The van der Waals surface area contributed by atoms with Crippen LogP contribution in [0.15, 0.2) is 16.6 Å². The average molecular weight is 255 g/mol. The van der Waals surface area contributed by atoms with Gasteiger partial charge in [-0.2, -0.15) is 13.2 Å². The van der Waals surface area contributed by atoms with Gasteiger partial charge >= 0.3 is 6.18 Å². The van der Waals surface area contributed by atoms with Crippen molar-refractivity contribution in [1.82, 2.24) is 4.98 Å². The first-order chi connectivity index (χ1) is 5.93. The van der Waals surface area contributed by atoms with Crippen LogP contribution in [0.2, 0.25) is 0 Å². The number of rotatable bonds is 1. The SMILES string of the molecule is NCc1cc(Br)cc(C(F)(F)F)n1. The minimum absolute atomic E-state index is 0.0114. The van der Waals surface area contributed by atoms with Crippen LogP contribution in [0.1, 0.15) is 11.4 Å². The maximum absolute atomic E-state index is 12.2. The molecule has 0 amide bonds. The summed E-state index contributed by atoms with van der Waals surface area (Å²) in [5.74, 6) is 0. The molecule has 1 aromatic rings. The third kappa shape index (κ3) is 2.67. The fourth-order valence-electron chi connectivity index (χ4n) is 0.800. The Kier molecular flexibility index (Phi) is 2.92. The quantitative estimate of drug-likeness (QED) is 0.836. The summed E-state index contributed by atoms with van der Waals surface area (Å²) in [5.41, 5.74) is 4.46. The average Bonchev–Trinajstić information content (AvgIpc) is 2.01. The molecule has 0 bridgehead atoms. The summed E-state index contributed by atoms with van der Waals surface area (Å²) in [4.78, 5) is 3.34. The van der Waals surface area contributed by atoms with Crippen LogP contribution in [0.3, 0.4) is 0 Å². The van der Waals surface area contributed by atoms with E-state index in [0.717, 1.165) is 6.07 Å². The smallest absolute Gasteiger partial charge is 0.325 e. The van der Waals surface area contributed by atoms with Crippen molar-refractivity contribution in [2.45, 2.75) is 12.7 Å². The number of hydrogen-bond acceptors (Lipinski definition) is 2. The molecule has 2 N–H and O–H groups in total. The Balaban J connectivity index is 3.16. The third-order valence-electron chi connectivity index (χ3n) is 1.34. The van der Waals surface area contributed by atoms with Crippen LogP contribution in [-0.2, 0) is 12.7 Å². The number of halogens is 4. The number of aromatic nitrogens is 1. The largest absolute Gasteiger partial charge is 0.433 e. The van der Waals surface area contributed by atoms with E-state index in [1.54, 1.807) is 0 Å². The van der Waals surface area contributed by atoms with E-state index in [4.69, 9.17) is 5.73 Å². The van der Waals surface area contributed by atoms with Crippen molar-refractivity contribution in [2.24, 2.45) is 5.73 Å². The lowest BCUT2D eigenvalue weighted by Crippen LogP contribution is -2.11. The van der Waals surface area contributed by atoms with Crippen LogP contribution in [-0.4, -0.2) is 4.98 Å². The molecule has 0 saturated carbocycles. The van der Waals surface area contributed by atoms with Crippen molar-refractivity contribution in [1.29, 1.82) is 0 Å². The van der Waals surface area contributed by atoms with Gasteiger partial charge in [0.15, 0.2) is 0 Å². The van der Waals surface area contributed by atoms with Gasteiger partial charge in [0.1, 0.15) is 5.69 Å². The summed E-state index contributed by atoms with van der Waals surface area (Å²) in [6.45, 7) is -0.0114. The zero-order valence-electron chi connectivity index (χ0n) is 6.40. The van der Waals surface area contributed by atoms with Crippen LogP contribution < -0.4 is 5.73 Å². The predicted octanol–water partition coefficient (Wildman–Crippen LogP) is 2.32. The number of hydrogen-bond donors (Lipinski definition) is 1. The van der Waals surface area contributed by atoms with E-state index in [0.29, 0.717) is 4.47 Å². The summed E-state index contributed by atoms with van der Waals surface area (Å²) in [6, 6.07) is 2.37. The summed E-state index contributed by atoms with van der Waals surface area (Å²) in [6.07, 6.45) is -4.42. The van der Waals surface area contributed by atoms with Gasteiger partial charge in [0.2, 0.25) is 0 Å². The van der Waals surface area contributed by atoms with Crippen molar-refractivity contribution in [2.75, 3.05) is 0 Å². The highest BCUT2D eigenvalue weighted by atomic mass is 79.9. The van der Waals surface area contributed by atoms with Gasteiger partial charge in [-0.1, -0.05) is 15.9 Å². The Morgan fingerprint density at radius 1 is 1.38 bits per heavy atom. The van der Waals surface area contributed by atoms with Gasteiger partial charge in [0.25, 0.3) is 0 Å². The molecule has 6 heteroatoms. The first kappa shape index (κ1) is 10.5. The van der Waals surface area contributed by atoms with Gasteiger partial charge < -0.3 is 5.73 Å². The van der Waals surface area contributed by atoms with E-state index in [1.165, 1.54) is 6.07 Å². The monoisotopic (exact) mass is 254 g/mol. The molecule has 0 aliphatic rings. The Bertz CT molecular complexity index is 311. The Labute approximate surface area is 81.1 Å². The van der Waals surface area contributed by atoms with Gasteiger partial charge in [-0.25, -0.2) is 4.98 Å². The summed E-state index contributed by atoms with van der Waals surface area (Å²) < 4.78 is 36.8. The van der Waals surface area contributed by atoms with Crippen LogP contribution in [0.5, 0.6) is 0 Å². The third-order valence-corrected chi connectivity index (χ3v) is 1.80. The molecule has 1 rings (SSSR count). The maximum Gasteiger partial charge on any atom is 0.433 e. The lowest BCUT2D eigenvalue weighted by atomic mass is 10.3. The minimum Gasteiger partial charge on any atom is -0.325 e. The van der Waals surface area contributed by atoms with E-state index in [1.807, 2.05) is 0 Å². The standard InChI is InChI=1S/C7H6BrF3N2/c8-4-1-5(3-12)13-6(2-4)7(9,10)11/h1-2H,3,12H2. The van der Waals surface area contributed by atoms with Crippen molar-refractivity contribution in [3.63, 3.8) is 0 Å². The van der Waals surface area contributed by atoms with Crippen LogP contribution in [0, 0.1) is 0 Å². The van der Waals surface area contributed by atoms with Crippen molar-refractivity contribution < 1.29 is 13.2 Å². The van der Waals surface area contributed by atoms with E-state index >= 15 is 0 Å². The van der Waals surface area contributed by atoms with E-state index in [2.05, 4.69) is 20.9 Å². The van der Waals surface area contributed by atoms with E-state index in [-0.39, 0.29) is 12.2 Å². The highest BCUT2D eigenvalue weighted by Crippen LogP contribution is 2.29. The van der Waals surface area contributed by atoms with Crippen LogP contribution in [0.4, 0.5) is 13.2 Å². The molecule has 0 aliphatic carbocycles. The van der Waals surface area contributed by atoms with Crippen LogP contribution >= 0.6 is 15.9 Å². The molecule has 0 aromatic carbocycles. The topological polar surface area (TPSA) is 38.9 Å². The van der Waals surface area contributed by atoms with Crippen molar-refractivity contribution in [3.05, 3.63) is 28.0 Å². The summed E-state index contributed by atoms with van der Waals surface area (Å²) in [7, 11) is 0.